The summed E-state index contributed by atoms with van der Waals surface area (Å²) in [4.78, 5) is 41.7. The van der Waals surface area contributed by atoms with Crippen molar-refractivity contribution in [2.45, 2.75) is 56.9 Å². The van der Waals surface area contributed by atoms with Crippen LogP contribution < -0.4 is 11.1 Å². The zero-order valence-electron chi connectivity index (χ0n) is 23.4. The van der Waals surface area contributed by atoms with Crippen molar-refractivity contribution in [3.8, 4) is 11.3 Å². The Morgan fingerprint density at radius 2 is 1.83 bits per heavy atom. The van der Waals surface area contributed by atoms with Crippen LogP contribution in [0.3, 0.4) is 0 Å². The molecule has 1 aromatic carbocycles. The standard InChI is InChI=1S/C31H35N7O2S/c1-19-3-4-24(18-38(19)26(39)12-16-41-2)30-36-27(28-29(32)34-14-15-37(28)30)21-7-9-22(10-8-21)31(40)35-25-17-23(11-13-33-25)20-5-6-20/h7-11,13-15,17,19-20,24H,3-6,12,16,18H2,1-2H3,(H2,32,34)(H,33,35,40)/t19-,24+/m0/s1. The number of imidazole rings is 1. The molecule has 4 aromatic rings. The second-order valence-corrected chi connectivity index (χ2v) is 12.0. The maximum atomic E-state index is 13.0. The van der Waals surface area contributed by atoms with Gasteiger partial charge in [-0.25, -0.2) is 15.0 Å². The number of rotatable bonds is 8. The number of benzene rings is 1. The predicted octanol–water partition coefficient (Wildman–Crippen LogP) is 5.35. The summed E-state index contributed by atoms with van der Waals surface area (Å²) < 4.78 is 2.02. The Bertz CT molecular complexity index is 1580. The van der Waals surface area contributed by atoms with E-state index in [-0.39, 0.29) is 23.8 Å². The lowest BCUT2D eigenvalue weighted by Gasteiger charge is -2.37. The van der Waals surface area contributed by atoms with E-state index >= 15 is 0 Å². The zero-order valence-corrected chi connectivity index (χ0v) is 24.2. The van der Waals surface area contributed by atoms with Gasteiger partial charge in [0.05, 0.1) is 0 Å². The Hall–Kier alpha value is -3.92. The molecular weight excluding hydrogens is 534 g/mol. The van der Waals surface area contributed by atoms with E-state index in [9.17, 15) is 9.59 Å². The number of aromatic nitrogens is 4. The van der Waals surface area contributed by atoms with Crippen molar-refractivity contribution in [1.29, 1.82) is 0 Å². The summed E-state index contributed by atoms with van der Waals surface area (Å²) in [7, 11) is 0. The number of carbonyl (C=O) groups is 2. The van der Waals surface area contributed by atoms with Crippen LogP contribution >= 0.6 is 11.8 Å². The topological polar surface area (TPSA) is 119 Å². The number of likely N-dealkylation sites (tertiary alicyclic amines) is 1. The first kappa shape index (κ1) is 27.3. The van der Waals surface area contributed by atoms with Crippen molar-refractivity contribution in [3.05, 3.63) is 71.9 Å². The molecule has 2 fully saturated rings. The van der Waals surface area contributed by atoms with E-state index in [1.165, 1.54) is 18.4 Å². The lowest BCUT2D eigenvalue weighted by molar-refractivity contribution is -0.134. The second-order valence-electron chi connectivity index (χ2n) is 11.0. The van der Waals surface area contributed by atoms with E-state index < -0.39 is 0 Å². The van der Waals surface area contributed by atoms with Gasteiger partial charge in [-0.1, -0.05) is 12.1 Å². The minimum atomic E-state index is -0.212. The molecular formula is C31H35N7O2S. The molecule has 2 atom stereocenters. The van der Waals surface area contributed by atoms with Crippen LogP contribution in [0.15, 0.2) is 55.0 Å². The molecule has 2 amide bonds. The van der Waals surface area contributed by atoms with E-state index in [0.29, 0.717) is 36.1 Å². The lowest BCUT2D eigenvalue weighted by atomic mass is 9.92. The van der Waals surface area contributed by atoms with Crippen molar-refractivity contribution >= 4 is 40.7 Å². The first-order valence-electron chi connectivity index (χ1n) is 14.2. The van der Waals surface area contributed by atoms with Crippen LogP contribution in [0, 0.1) is 0 Å². The molecule has 1 aliphatic heterocycles. The number of anilines is 2. The molecule has 9 nitrogen and oxygen atoms in total. The number of hydrogen-bond donors (Lipinski definition) is 2. The summed E-state index contributed by atoms with van der Waals surface area (Å²) in [5.74, 6) is 3.31. The van der Waals surface area contributed by atoms with Gasteiger partial charge in [-0.15, -0.1) is 0 Å². The van der Waals surface area contributed by atoms with Crippen LogP contribution in [-0.2, 0) is 4.79 Å². The maximum Gasteiger partial charge on any atom is 0.256 e. The summed E-state index contributed by atoms with van der Waals surface area (Å²) in [5, 5.41) is 2.92. The quantitative estimate of drug-likeness (QED) is 0.294. The molecule has 41 heavy (non-hydrogen) atoms. The minimum Gasteiger partial charge on any atom is -0.382 e. The summed E-state index contributed by atoms with van der Waals surface area (Å²) in [6.07, 6.45) is 12.1. The number of fused-ring (bicyclic) bond motifs is 1. The maximum absolute atomic E-state index is 13.0. The largest absolute Gasteiger partial charge is 0.382 e. The summed E-state index contributed by atoms with van der Waals surface area (Å²) in [6.45, 7) is 2.76. The fourth-order valence-corrected chi connectivity index (χ4v) is 6.11. The fourth-order valence-electron chi connectivity index (χ4n) is 5.73. The average Bonchev–Trinajstić information content (AvgIpc) is 3.77. The van der Waals surface area contributed by atoms with Crippen LogP contribution in [0.25, 0.3) is 16.8 Å². The van der Waals surface area contributed by atoms with Crippen LogP contribution in [0.5, 0.6) is 0 Å². The molecule has 6 rings (SSSR count). The van der Waals surface area contributed by atoms with E-state index in [4.69, 9.17) is 10.7 Å². The average molecular weight is 570 g/mol. The number of nitrogens with zero attached hydrogens (tertiary/aromatic N) is 5. The van der Waals surface area contributed by atoms with Gasteiger partial charge in [-0.2, -0.15) is 11.8 Å². The van der Waals surface area contributed by atoms with Crippen LogP contribution in [-0.4, -0.2) is 60.7 Å². The fraction of sp³-hybridized carbons (Fsp3) is 0.387. The van der Waals surface area contributed by atoms with E-state index in [1.54, 1.807) is 36.3 Å². The Kier molecular flexibility index (Phi) is 7.66. The summed E-state index contributed by atoms with van der Waals surface area (Å²) >= 11 is 1.69. The summed E-state index contributed by atoms with van der Waals surface area (Å²) in [5.41, 5.74) is 10.4. The molecule has 0 radical (unpaired) electrons. The van der Waals surface area contributed by atoms with Gasteiger partial charge < -0.3 is 16.0 Å². The highest BCUT2D eigenvalue weighted by atomic mass is 32.2. The van der Waals surface area contributed by atoms with Gasteiger partial charge in [0.2, 0.25) is 5.91 Å². The smallest absolute Gasteiger partial charge is 0.256 e. The SMILES string of the molecule is CSCCC(=O)N1C[C@H](c2nc(-c3ccc(C(=O)Nc4cc(C5CC5)ccn4)cc3)c3c(N)nccn23)CC[C@@H]1C. The van der Waals surface area contributed by atoms with Gasteiger partial charge in [0.15, 0.2) is 0 Å². The van der Waals surface area contributed by atoms with Gasteiger partial charge in [0.1, 0.15) is 28.7 Å². The van der Waals surface area contributed by atoms with Gasteiger partial charge in [0.25, 0.3) is 5.91 Å². The third-order valence-corrected chi connectivity index (χ3v) is 8.81. The lowest BCUT2D eigenvalue weighted by Crippen LogP contribution is -2.45. The minimum absolute atomic E-state index is 0.0800. The number of hydrogen-bond acceptors (Lipinski definition) is 7. The Balaban J connectivity index is 1.26. The second kappa shape index (κ2) is 11.5. The van der Waals surface area contributed by atoms with Gasteiger partial charge >= 0.3 is 0 Å². The molecule has 0 bridgehead atoms. The highest BCUT2D eigenvalue weighted by molar-refractivity contribution is 7.98. The molecule has 1 saturated heterocycles. The van der Waals surface area contributed by atoms with E-state index in [1.807, 2.05) is 46.0 Å². The first-order chi connectivity index (χ1) is 19.9. The Morgan fingerprint density at radius 3 is 2.59 bits per heavy atom. The molecule has 4 heterocycles. The van der Waals surface area contributed by atoms with Gasteiger partial charge in [-0.3, -0.25) is 14.0 Å². The molecule has 3 aromatic heterocycles. The third-order valence-electron chi connectivity index (χ3n) is 8.19. The first-order valence-corrected chi connectivity index (χ1v) is 15.6. The van der Waals surface area contributed by atoms with Crippen molar-refractivity contribution in [2.24, 2.45) is 0 Å². The van der Waals surface area contributed by atoms with Crippen molar-refractivity contribution < 1.29 is 9.59 Å². The van der Waals surface area contributed by atoms with Gasteiger partial charge in [0, 0.05) is 60.4 Å². The predicted molar refractivity (Wildman–Crippen MR) is 163 cm³/mol. The van der Waals surface area contributed by atoms with Crippen LogP contribution in [0.2, 0.25) is 0 Å². The highest BCUT2D eigenvalue weighted by Gasteiger charge is 2.32. The molecule has 212 valence electrons. The Labute approximate surface area is 244 Å². The monoisotopic (exact) mass is 569 g/mol. The van der Waals surface area contributed by atoms with Crippen LogP contribution in [0.4, 0.5) is 11.6 Å². The van der Waals surface area contributed by atoms with Gasteiger partial charge in [-0.05, 0) is 74.6 Å². The number of nitrogens with one attached hydrogen (secondary N) is 1. The third kappa shape index (κ3) is 5.66. The molecule has 10 heteroatoms. The summed E-state index contributed by atoms with van der Waals surface area (Å²) in [6, 6.07) is 11.6. The van der Waals surface area contributed by atoms with E-state index in [0.717, 1.165) is 41.2 Å². The number of piperidine rings is 1. The molecule has 1 saturated carbocycles. The molecule has 0 unspecified atom stereocenters. The zero-order chi connectivity index (χ0) is 28.5. The number of thioether (sulfide) groups is 1. The highest BCUT2D eigenvalue weighted by Crippen LogP contribution is 2.40. The van der Waals surface area contributed by atoms with E-state index in [2.05, 4.69) is 22.2 Å². The number of nitrogens with two attached hydrogens (primary N) is 1. The molecule has 3 N–H and O–H groups in total. The van der Waals surface area contributed by atoms with Crippen molar-refractivity contribution in [3.63, 3.8) is 0 Å². The normalized spacial score (nSPS) is 18.9. The molecule has 0 spiro atoms. The number of carbonyl (C=O) groups excluding carboxylic acids is 2. The Morgan fingerprint density at radius 1 is 1.05 bits per heavy atom. The van der Waals surface area contributed by atoms with Crippen molar-refractivity contribution in [2.75, 3.05) is 29.6 Å². The van der Waals surface area contributed by atoms with Crippen molar-refractivity contribution in [1.82, 2.24) is 24.3 Å². The van der Waals surface area contributed by atoms with Crippen LogP contribution in [0.1, 0.15) is 72.6 Å². The number of amides is 2. The number of pyridine rings is 1. The molecule has 1 aliphatic carbocycles. The molecule has 2 aliphatic rings. The number of nitrogen functional groups attached to an aromatic ring is 1.